The van der Waals surface area contributed by atoms with E-state index >= 15 is 0 Å². The summed E-state index contributed by atoms with van der Waals surface area (Å²) in [6.45, 7) is 4.00. The van der Waals surface area contributed by atoms with Gasteiger partial charge in [-0.1, -0.05) is 31.5 Å². The van der Waals surface area contributed by atoms with Crippen LogP contribution in [0.3, 0.4) is 0 Å². The molecule has 0 amide bonds. The van der Waals surface area contributed by atoms with Crippen molar-refractivity contribution in [2.45, 2.75) is 45.6 Å². The lowest BCUT2D eigenvalue weighted by Gasteiger charge is -2.26. The summed E-state index contributed by atoms with van der Waals surface area (Å²) in [6, 6.07) is 10.2. The number of halogens is 1. The first-order chi connectivity index (χ1) is 14.0. The van der Waals surface area contributed by atoms with E-state index in [0.717, 1.165) is 18.4 Å². The lowest BCUT2D eigenvalue weighted by Crippen LogP contribution is -2.24. The fourth-order valence-corrected chi connectivity index (χ4v) is 3.33. The van der Waals surface area contributed by atoms with Crippen LogP contribution in [0.2, 0.25) is 5.02 Å². The van der Waals surface area contributed by atoms with Gasteiger partial charge in [0.25, 0.3) is 5.56 Å². The first-order valence-electron chi connectivity index (χ1n) is 9.71. The smallest absolute Gasteiger partial charge is 0.337 e. The highest BCUT2D eigenvalue weighted by molar-refractivity contribution is 6.33. The maximum absolute atomic E-state index is 12.1. The van der Waals surface area contributed by atoms with Crippen molar-refractivity contribution in [2.75, 3.05) is 0 Å². The van der Waals surface area contributed by atoms with Crippen LogP contribution in [0.25, 0.3) is 10.8 Å². The van der Waals surface area contributed by atoms with Gasteiger partial charge in [0.05, 0.1) is 27.8 Å². The molecule has 0 atom stereocenters. The summed E-state index contributed by atoms with van der Waals surface area (Å²) >= 11 is 5.94. The minimum atomic E-state index is -1.09. The lowest BCUT2D eigenvalue weighted by molar-refractivity contribution is 0.0697. The number of nitrogens with one attached hydrogen (secondary N) is 1. The number of benzene rings is 2. The van der Waals surface area contributed by atoms with Crippen LogP contribution in [0.5, 0.6) is 5.75 Å². The van der Waals surface area contributed by atoms with E-state index in [-0.39, 0.29) is 22.2 Å². The molecule has 1 aliphatic carbocycles. The summed E-state index contributed by atoms with van der Waals surface area (Å²) in [5, 5.41) is 17.3. The van der Waals surface area contributed by atoms with Gasteiger partial charge in [0.1, 0.15) is 5.75 Å². The van der Waals surface area contributed by atoms with Crippen LogP contribution >= 0.6 is 11.6 Å². The standard InChI is InChI=1S/C20H17ClN2O4.C2H6/c21-17-7-4-11(8-16(17)20(25)26)9-18-15-10-13(27-12-2-1-3-12)5-6-14(15)19(24)23-22-18;1-2/h4-8,10,12H,1-3,9H2,(H,23,24)(H,25,26);1-2H3. The molecule has 3 aromatic rings. The zero-order valence-electron chi connectivity index (χ0n) is 16.4. The predicted octanol–water partition coefficient (Wildman–Crippen LogP) is 4.82. The van der Waals surface area contributed by atoms with Crippen molar-refractivity contribution < 1.29 is 14.6 Å². The highest BCUT2D eigenvalue weighted by atomic mass is 35.5. The fourth-order valence-electron chi connectivity index (χ4n) is 3.13. The topological polar surface area (TPSA) is 92.3 Å². The summed E-state index contributed by atoms with van der Waals surface area (Å²) in [6.07, 6.45) is 3.85. The molecule has 6 nitrogen and oxygen atoms in total. The Labute approximate surface area is 173 Å². The van der Waals surface area contributed by atoms with Crippen molar-refractivity contribution in [1.29, 1.82) is 0 Å². The van der Waals surface area contributed by atoms with Crippen molar-refractivity contribution in [2.24, 2.45) is 0 Å². The number of aromatic amines is 1. The third-order valence-corrected chi connectivity index (χ3v) is 5.16. The van der Waals surface area contributed by atoms with Crippen molar-refractivity contribution in [1.82, 2.24) is 10.2 Å². The Morgan fingerprint density at radius 3 is 2.62 bits per heavy atom. The summed E-state index contributed by atoms with van der Waals surface area (Å²) < 4.78 is 5.93. The van der Waals surface area contributed by atoms with Gasteiger partial charge in [-0.05, 0) is 55.2 Å². The van der Waals surface area contributed by atoms with Crippen LogP contribution in [0.4, 0.5) is 0 Å². The van der Waals surface area contributed by atoms with E-state index in [1.54, 1.807) is 24.3 Å². The van der Waals surface area contributed by atoms with Gasteiger partial charge in [0.2, 0.25) is 0 Å². The van der Waals surface area contributed by atoms with E-state index in [4.69, 9.17) is 16.3 Å². The number of hydrogen-bond acceptors (Lipinski definition) is 4. The number of rotatable bonds is 5. The molecule has 1 aliphatic rings. The average Bonchev–Trinajstić information content (AvgIpc) is 2.69. The predicted molar refractivity (Wildman–Crippen MR) is 113 cm³/mol. The van der Waals surface area contributed by atoms with Crippen LogP contribution in [0, 0.1) is 0 Å². The van der Waals surface area contributed by atoms with Crippen LogP contribution in [0.15, 0.2) is 41.2 Å². The molecule has 1 saturated carbocycles. The second kappa shape index (κ2) is 9.09. The monoisotopic (exact) mass is 414 g/mol. The normalized spacial score (nSPS) is 13.3. The number of fused-ring (bicyclic) bond motifs is 1. The van der Waals surface area contributed by atoms with Gasteiger partial charge >= 0.3 is 5.97 Å². The van der Waals surface area contributed by atoms with Crippen molar-refractivity contribution in [3.63, 3.8) is 0 Å². The SMILES string of the molecule is CC.O=C(O)c1cc(Cc2n[nH]c(=O)c3ccc(OC4CCC4)cc23)ccc1Cl. The second-order valence-corrected chi connectivity index (χ2v) is 7.08. The number of aromatic carboxylic acids is 1. The van der Waals surface area contributed by atoms with E-state index in [0.29, 0.717) is 28.6 Å². The zero-order chi connectivity index (χ0) is 21.0. The number of ether oxygens (including phenoxy) is 1. The number of nitrogens with zero attached hydrogens (tertiary/aromatic N) is 1. The summed E-state index contributed by atoms with van der Waals surface area (Å²) in [7, 11) is 0. The maximum Gasteiger partial charge on any atom is 0.337 e. The number of hydrogen-bond donors (Lipinski definition) is 2. The third-order valence-electron chi connectivity index (χ3n) is 4.83. The van der Waals surface area contributed by atoms with Gasteiger partial charge < -0.3 is 9.84 Å². The Morgan fingerprint density at radius 1 is 1.21 bits per heavy atom. The van der Waals surface area contributed by atoms with E-state index < -0.39 is 5.97 Å². The average molecular weight is 415 g/mol. The number of aromatic nitrogens is 2. The molecule has 0 unspecified atom stereocenters. The number of carbonyl (C=O) groups is 1. The second-order valence-electron chi connectivity index (χ2n) is 6.67. The quantitative estimate of drug-likeness (QED) is 0.624. The molecule has 7 heteroatoms. The fraction of sp³-hybridized carbons (Fsp3) is 0.318. The molecule has 4 rings (SSSR count). The van der Waals surface area contributed by atoms with Gasteiger partial charge in [-0.25, -0.2) is 9.89 Å². The van der Waals surface area contributed by atoms with E-state index in [1.165, 1.54) is 12.5 Å². The lowest BCUT2D eigenvalue weighted by atomic mass is 9.96. The van der Waals surface area contributed by atoms with Crippen LogP contribution < -0.4 is 10.3 Å². The van der Waals surface area contributed by atoms with Crippen LogP contribution in [0.1, 0.15) is 54.7 Å². The van der Waals surface area contributed by atoms with Gasteiger partial charge in [-0.15, -0.1) is 0 Å². The van der Waals surface area contributed by atoms with Gasteiger partial charge in [-0.2, -0.15) is 5.10 Å². The number of carboxylic acid groups (broad SMARTS) is 1. The number of carboxylic acids is 1. The molecule has 0 spiro atoms. The van der Waals surface area contributed by atoms with Crippen molar-refractivity contribution in [3.05, 3.63) is 68.6 Å². The zero-order valence-corrected chi connectivity index (χ0v) is 17.1. The summed E-state index contributed by atoms with van der Waals surface area (Å²) in [4.78, 5) is 23.4. The van der Waals surface area contributed by atoms with Crippen LogP contribution in [-0.2, 0) is 6.42 Å². The molecule has 1 heterocycles. The molecule has 152 valence electrons. The van der Waals surface area contributed by atoms with E-state index in [2.05, 4.69) is 10.2 Å². The largest absolute Gasteiger partial charge is 0.490 e. The Hall–Kier alpha value is -2.86. The van der Waals surface area contributed by atoms with E-state index in [9.17, 15) is 14.7 Å². The Morgan fingerprint density at radius 2 is 1.97 bits per heavy atom. The summed E-state index contributed by atoms with van der Waals surface area (Å²) in [5.74, 6) is -0.375. The minimum Gasteiger partial charge on any atom is -0.490 e. The molecule has 29 heavy (non-hydrogen) atoms. The Bertz CT molecular complexity index is 1090. The summed E-state index contributed by atoms with van der Waals surface area (Å²) in [5.41, 5.74) is 1.15. The molecule has 0 aliphatic heterocycles. The van der Waals surface area contributed by atoms with E-state index in [1.807, 2.05) is 19.9 Å². The van der Waals surface area contributed by atoms with Gasteiger partial charge in [0.15, 0.2) is 0 Å². The highest BCUT2D eigenvalue weighted by Crippen LogP contribution is 2.28. The molecule has 1 aromatic heterocycles. The Balaban J connectivity index is 0.00000117. The molecule has 2 N–H and O–H groups in total. The first kappa shape index (κ1) is 20.9. The number of H-pyrrole nitrogens is 1. The maximum atomic E-state index is 12.1. The molecule has 0 radical (unpaired) electrons. The highest BCUT2D eigenvalue weighted by Gasteiger charge is 2.19. The molecule has 2 aromatic carbocycles. The third kappa shape index (κ3) is 4.59. The molecule has 1 fully saturated rings. The van der Waals surface area contributed by atoms with Gasteiger partial charge in [-0.3, -0.25) is 4.79 Å². The van der Waals surface area contributed by atoms with Gasteiger partial charge in [0, 0.05) is 11.8 Å². The van der Waals surface area contributed by atoms with Crippen molar-refractivity contribution in [3.8, 4) is 5.75 Å². The Kier molecular flexibility index (Phi) is 6.54. The van der Waals surface area contributed by atoms with Crippen LogP contribution in [-0.4, -0.2) is 27.4 Å². The molecular weight excluding hydrogens is 392 g/mol. The minimum absolute atomic E-state index is 0.0388. The van der Waals surface area contributed by atoms with Crippen molar-refractivity contribution >= 4 is 28.3 Å². The molecular formula is C22H23ClN2O4. The first-order valence-corrected chi connectivity index (χ1v) is 10.1. The molecule has 0 saturated heterocycles. The molecule has 0 bridgehead atoms.